The number of pyridine rings is 1. The molecule has 21 heavy (non-hydrogen) atoms. The second-order valence-corrected chi connectivity index (χ2v) is 5.55. The SMILES string of the molecule is COCCN(c1ccc(CNC(C)C)cn1)C(C)COC. The quantitative estimate of drug-likeness (QED) is 0.716. The van der Waals surface area contributed by atoms with Crippen LogP contribution < -0.4 is 10.2 Å². The second-order valence-electron chi connectivity index (χ2n) is 5.55. The van der Waals surface area contributed by atoms with Gasteiger partial charge >= 0.3 is 0 Å². The Morgan fingerprint density at radius 1 is 1.19 bits per heavy atom. The standard InChI is InChI=1S/C16H29N3O2/c1-13(2)17-10-15-6-7-16(18-11-15)19(8-9-20-4)14(3)12-21-5/h6-7,11,13-14,17H,8-10,12H2,1-5H3. The highest BCUT2D eigenvalue weighted by Crippen LogP contribution is 2.15. The van der Waals surface area contributed by atoms with Gasteiger partial charge in [-0.3, -0.25) is 0 Å². The zero-order valence-electron chi connectivity index (χ0n) is 13.9. The first kappa shape index (κ1) is 17.9. The zero-order chi connectivity index (χ0) is 15.7. The molecule has 1 unspecified atom stereocenters. The molecule has 120 valence electrons. The van der Waals surface area contributed by atoms with Crippen LogP contribution in [0.1, 0.15) is 26.3 Å². The molecule has 0 aliphatic heterocycles. The Kier molecular flexibility index (Phi) is 8.27. The first-order valence-corrected chi connectivity index (χ1v) is 7.51. The Labute approximate surface area is 128 Å². The largest absolute Gasteiger partial charge is 0.383 e. The molecule has 0 saturated heterocycles. The van der Waals surface area contributed by atoms with Crippen LogP contribution >= 0.6 is 0 Å². The van der Waals surface area contributed by atoms with Crippen molar-refractivity contribution >= 4 is 5.82 Å². The molecule has 0 fully saturated rings. The molecule has 5 nitrogen and oxygen atoms in total. The van der Waals surface area contributed by atoms with Crippen molar-refractivity contribution in [3.63, 3.8) is 0 Å². The maximum atomic E-state index is 5.25. The van der Waals surface area contributed by atoms with Crippen LogP contribution in [0, 0.1) is 0 Å². The highest BCUT2D eigenvalue weighted by molar-refractivity contribution is 5.40. The summed E-state index contributed by atoms with van der Waals surface area (Å²) in [6.45, 7) is 9.40. The van der Waals surface area contributed by atoms with Gasteiger partial charge in [-0.15, -0.1) is 0 Å². The van der Waals surface area contributed by atoms with Gasteiger partial charge in [-0.2, -0.15) is 0 Å². The predicted octanol–water partition coefficient (Wildman–Crippen LogP) is 2.07. The Morgan fingerprint density at radius 2 is 1.95 bits per heavy atom. The van der Waals surface area contributed by atoms with Gasteiger partial charge in [0.25, 0.3) is 0 Å². The Morgan fingerprint density at radius 3 is 2.48 bits per heavy atom. The molecule has 0 bridgehead atoms. The molecule has 0 saturated carbocycles. The number of hydrogen-bond acceptors (Lipinski definition) is 5. The summed E-state index contributed by atoms with van der Waals surface area (Å²) >= 11 is 0. The predicted molar refractivity (Wildman–Crippen MR) is 86.8 cm³/mol. The molecule has 0 aliphatic rings. The van der Waals surface area contributed by atoms with E-state index < -0.39 is 0 Å². The Hall–Kier alpha value is -1.17. The van der Waals surface area contributed by atoms with Gasteiger partial charge in [0.15, 0.2) is 0 Å². The summed E-state index contributed by atoms with van der Waals surface area (Å²) in [6, 6.07) is 4.93. The molecule has 1 rings (SSSR count). The van der Waals surface area contributed by atoms with E-state index in [2.05, 4.69) is 48.1 Å². The average molecular weight is 295 g/mol. The van der Waals surface area contributed by atoms with Crippen LogP contribution in [0.2, 0.25) is 0 Å². The Bertz CT molecular complexity index is 382. The van der Waals surface area contributed by atoms with Crippen LogP contribution in [-0.4, -0.2) is 51.0 Å². The fraction of sp³-hybridized carbons (Fsp3) is 0.688. The van der Waals surface area contributed by atoms with Crippen LogP contribution in [0.4, 0.5) is 5.82 Å². The molecule has 0 aromatic carbocycles. The van der Waals surface area contributed by atoms with Gasteiger partial charge in [0.1, 0.15) is 5.82 Å². The first-order chi connectivity index (χ1) is 10.1. The lowest BCUT2D eigenvalue weighted by Crippen LogP contribution is -2.39. The summed E-state index contributed by atoms with van der Waals surface area (Å²) in [4.78, 5) is 6.80. The molecule has 0 spiro atoms. The summed E-state index contributed by atoms with van der Waals surface area (Å²) in [5.74, 6) is 0.963. The minimum atomic E-state index is 0.261. The number of nitrogens with one attached hydrogen (secondary N) is 1. The number of methoxy groups -OCH3 is 2. The first-order valence-electron chi connectivity index (χ1n) is 7.51. The Balaban J connectivity index is 2.72. The maximum Gasteiger partial charge on any atom is 0.128 e. The normalized spacial score (nSPS) is 12.7. The third kappa shape index (κ3) is 6.42. The van der Waals surface area contributed by atoms with Crippen molar-refractivity contribution in [3.8, 4) is 0 Å². The van der Waals surface area contributed by atoms with E-state index in [0.717, 1.165) is 18.9 Å². The van der Waals surface area contributed by atoms with Gasteiger partial charge in [-0.1, -0.05) is 19.9 Å². The van der Waals surface area contributed by atoms with Gasteiger partial charge in [0.2, 0.25) is 0 Å². The fourth-order valence-corrected chi connectivity index (χ4v) is 2.09. The molecular formula is C16H29N3O2. The molecule has 1 aromatic heterocycles. The van der Waals surface area contributed by atoms with E-state index in [1.165, 1.54) is 5.56 Å². The molecule has 1 aromatic rings. The lowest BCUT2D eigenvalue weighted by molar-refractivity contribution is 0.170. The number of aromatic nitrogens is 1. The highest BCUT2D eigenvalue weighted by Gasteiger charge is 2.15. The van der Waals surface area contributed by atoms with Crippen LogP contribution in [-0.2, 0) is 16.0 Å². The second kappa shape index (κ2) is 9.71. The molecule has 0 aliphatic carbocycles. The van der Waals surface area contributed by atoms with Gasteiger partial charge in [0, 0.05) is 39.5 Å². The molecule has 1 heterocycles. The lowest BCUT2D eigenvalue weighted by Gasteiger charge is -2.29. The van der Waals surface area contributed by atoms with Gasteiger partial charge in [-0.05, 0) is 18.6 Å². The number of ether oxygens (including phenoxy) is 2. The number of rotatable bonds is 10. The van der Waals surface area contributed by atoms with Gasteiger partial charge in [-0.25, -0.2) is 4.98 Å². The smallest absolute Gasteiger partial charge is 0.128 e. The van der Waals surface area contributed by atoms with E-state index >= 15 is 0 Å². The van der Waals surface area contributed by atoms with Crippen molar-refractivity contribution < 1.29 is 9.47 Å². The van der Waals surface area contributed by atoms with Crippen molar-refractivity contribution in [1.29, 1.82) is 0 Å². The van der Waals surface area contributed by atoms with Crippen molar-refractivity contribution in [2.45, 2.75) is 39.4 Å². The monoisotopic (exact) mass is 295 g/mol. The summed E-state index contributed by atoms with van der Waals surface area (Å²) < 4.78 is 10.4. The van der Waals surface area contributed by atoms with E-state index in [1.807, 2.05) is 6.20 Å². The van der Waals surface area contributed by atoms with Crippen molar-refractivity contribution in [2.75, 3.05) is 38.9 Å². The highest BCUT2D eigenvalue weighted by atomic mass is 16.5. The van der Waals surface area contributed by atoms with E-state index in [4.69, 9.17) is 9.47 Å². The zero-order valence-corrected chi connectivity index (χ0v) is 13.9. The van der Waals surface area contributed by atoms with Crippen LogP contribution in [0.3, 0.4) is 0 Å². The third-order valence-corrected chi connectivity index (χ3v) is 3.29. The van der Waals surface area contributed by atoms with E-state index in [1.54, 1.807) is 14.2 Å². The number of hydrogen-bond donors (Lipinski definition) is 1. The number of anilines is 1. The van der Waals surface area contributed by atoms with E-state index in [-0.39, 0.29) is 6.04 Å². The topological polar surface area (TPSA) is 46.6 Å². The molecule has 1 N–H and O–H groups in total. The average Bonchev–Trinajstić information content (AvgIpc) is 2.47. The molecule has 5 heteroatoms. The van der Waals surface area contributed by atoms with Crippen LogP contribution in [0.5, 0.6) is 0 Å². The summed E-state index contributed by atoms with van der Waals surface area (Å²) in [7, 11) is 3.44. The lowest BCUT2D eigenvalue weighted by atomic mass is 10.2. The number of nitrogens with zero attached hydrogens (tertiary/aromatic N) is 2. The molecule has 0 radical (unpaired) electrons. The van der Waals surface area contributed by atoms with Crippen molar-refractivity contribution in [1.82, 2.24) is 10.3 Å². The molecule has 0 amide bonds. The minimum absolute atomic E-state index is 0.261. The third-order valence-electron chi connectivity index (χ3n) is 3.29. The summed E-state index contributed by atoms with van der Waals surface area (Å²) in [5.41, 5.74) is 1.19. The molecule has 1 atom stereocenters. The van der Waals surface area contributed by atoms with Gasteiger partial charge in [0.05, 0.1) is 19.3 Å². The van der Waals surface area contributed by atoms with E-state index in [0.29, 0.717) is 19.3 Å². The van der Waals surface area contributed by atoms with Crippen LogP contribution in [0.15, 0.2) is 18.3 Å². The fourth-order valence-electron chi connectivity index (χ4n) is 2.09. The van der Waals surface area contributed by atoms with Crippen LogP contribution in [0.25, 0.3) is 0 Å². The van der Waals surface area contributed by atoms with E-state index in [9.17, 15) is 0 Å². The summed E-state index contributed by atoms with van der Waals surface area (Å²) in [5, 5.41) is 3.39. The maximum absolute atomic E-state index is 5.25. The van der Waals surface area contributed by atoms with Gasteiger partial charge < -0.3 is 19.7 Å². The minimum Gasteiger partial charge on any atom is -0.383 e. The summed E-state index contributed by atoms with van der Waals surface area (Å²) in [6.07, 6.45) is 1.93. The van der Waals surface area contributed by atoms with Crippen molar-refractivity contribution in [3.05, 3.63) is 23.9 Å². The molecular weight excluding hydrogens is 266 g/mol. The van der Waals surface area contributed by atoms with Crippen molar-refractivity contribution in [2.24, 2.45) is 0 Å².